The molecule has 5 unspecified atom stereocenters. The zero-order valence-electron chi connectivity index (χ0n) is 76.3. The van der Waals surface area contributed by atoms with Crippen LogP contribution in [0.1, 0.15) is 541 Å². The van der Waals surface area contributed by atoms with Crippen LogP contribution in [0, 0.1) is 85.8 Å². The predicted octanol–water partition coefficient (Wildman–Crippen LogP) is 34.9. The second kappa shape index (κ2) is 60.5. The summed E-state index contributed by atoms with van der Waals surface area (Å²) in [6.07, 6.45) is 43.1. The van der Waals surface area contributed by atoms with Gasteiger partial charge in [-0.2, -0.15) is 0 Å². The SMILES string of the molecule is C.C.C.C.C.C.C.C.C.C.C.C.CCC(C)(C)C(=O)OC(C)(C)C1CCC(C)C1.CCC(C)(C)C(=O)OC(C)(C)C1CCCC1.CCC(C)(C)C(=O)OC(C)(C)C1CCCC1C.CCC(C)(C)C(=O)OC(C)(C1CCCCC1)C1CCCCC1.CCC(C)(C)C(=O)OC(C)(CC)C1CCCC1.CCC(C)(C)C(=O)OC(CC)(CC)C1CCCC1. The molecule has 7 saturated carbocycles. The van der Waals surface area contributed by atoms with Gasteiger partial charge in [-0.25, -0.2) is 0 Å². The van der Waals surface area contributed by atoms with Crippen LogP contribution in [0.15, 0.2) is 0 Å². The highest BCUT2D eigenvalue weighted by molar-refractivity contribution is 5.78. The van der Waals surface area contributed by atoms with Crippen LogP contribution < -0.4 is 0 Å². The Hall–Kier alpha value is -3.18. The van der Waals surface area contributed by atoms with Crippen molar-refractivity contribution < 1.29 is 57.2 Å². The Kier molecular flexibility index (Phi) is 70.6. The molecule has 12 nitrogen and oxygen atoms in total. The van der Waals surface area contributed by atoms with Crippen LogP contribution in [-0.4, -0.2) is 69.4 Å². The minimum atomic E-state index is -0.362. The molecule has 0 aliphatic heterocycles. The van der Waals surface area contributed by atoms with E-state index in [0.717, 1.165) is 63.7 Å². The third-order valence-electron chi connectivity index (χ3n) is 29.4. The summed E-state index contributed by atoms with van der Waals surface area (Å²) in [6, 6.07) is 0. The standard InChI is InChI=1S/C20H36O2.C16H30O2.3C15H28O2.C14H26O2.12CH4/c1-5-19(2,3)18(21)22-20(4,16-12-8-6-9-13-16)17-14-10-7-11-15-17;1-6-15(4,5)14(17)18-16(7-2,8-3)13-11-9-10-12-13;1-7-14(3,4)13(16)17-15(5,6)12-9-8-11(2)10-12;1-7-14(3,4)13(16)17-15(5,6)12-10-8-9-11(12)2;1-6-14(3,4)13(16)17-15(5,7-2)12-10-8-9-11-12;1-6-13(2,3)12(15)16-14(4,5)11-9-7-8-10-11;;;;;;;;;;;;/h16-17H,5-15H2,1-4H3;13H,6-12H2,1-5H3;2*11-12H,7-10H2,1-6H3;12H,6-11H2,1-5H3;11H,6-10H2,1-5H3;12*1H4. The molecule has 7 fully saturated rings. The van der Waals surface area contributed by atoms with Crippen molar-refractivity contribution in [3.8, 4) is 0 Å². The lowest BCUT2D eigenvalue weighted by atomic mass is 9.67. The summed E-state index contributed by atoms with van der Waals surface area (Å²) in [5.74, 6) is 5.12. The second-order valence-corrected chi connectivity index (χ2v) is 40.9. The number of esters is 6. The highest BCUT2D eigenvalue weighted by Gasteiger charge is 2.50. The molecule has 0 N–H and O–H groups in total. The number of carbonyl (C=O) groups is 6. The molecule has 0 spiro atoms. The Balaban J connectivity index is -0.000000128. The zero-order valence-corrected chi connectivity index (χ0v) is 76.3. The predicted molar refractivity (Wildman–Crippen MR) is 526 cm³/mol. The lowest BCUT2D eigenvalue weighted by Crippen LogP contribution is -2.49. The Morgan fingerprint density at radius 3 is 0.773 bits per heavy atom. The van der Waals surface area contributed by atoms with Gasteiger partial charge in [0.05, 0.1) is 32.5 Å². The molecule has 7 rings (SSSR count). The van der Waals surface area contributed by atoms with Gasteiger partial charge in [0, 0.05) is 5.92 Å². The lowest BCUT2D eigenvalue weighted by molar-refractivity contribution is -0.187. The quantitative estimate of drug-likeness (QED) is 0.0540. The number of ether oxygens (including phenoxy) is 6. The van der Waals surface area contributed by atoms with Gasteiger partial charge >= 0.3 is 35.8 Å². The highest BCUT2D eigenvalue weighted by Crippen LogP contribution is 2.49. The van der Waals surface area contributed by atoms with Gasteiger partial charge in [0.15, 0.2) is 0 Å². The molecule has 0 amide bonds. The van der Waals surface area contributed by atoms with Crippen molar-refractivity contribution in [1.82, 2.24) is 0 Å². The number of carbonyl (C=O) groups excluding carboxylic acids is 6. The topological polar surface area (TPSA) is 158 Å². The molecule has 0 aromatic heterocycles. The Labute approximate surface area is 749 Å². The Bertz CT molecular complexity index is 2600. The van der Waals surface area contributed by atoms with E-state index in [1.165, 1.54) is 180 Å². The number of rotatable bonds is 28. The highest BCUT2D eigenvalue weighted by atomic mass is 16.6. The van der Waals surface area contributed by atoms with Gasteiger partial charge in [-0.1, -0.05) is 262 Å². The van der Waals surface area contributed by atoms with E-state index in [1.807, 2.05) is 111 Å². The maximum Gasteiger partial charge on any atom is 0.312 e. The largest absolute Gasteiger partial charge is 0.459 e. The van der Waals surface area contributed by atoms with Crippen LogP contribution in [0.2, 0.25) is 0 Å². The average Bonchev–Trinajstić information content (AvgIpc) is 1.75. The normalized spacial score (nSPS) is 19.9. The summed E-state index contributed by atoms with van der Waals surface area (Å²) < 4.78 is 35.6. The van der Waals surface area contributed by atoms with Crippen LogP contribution in [0.3, 0.4) is 0 Å². The van der Waals surface area contributed by atoms with E-state index in [1.54, 1.807) is 0 Å². The molecule has 7 aliphatic rings. The van der Waals surface area contributed by atoms with Crippen molar-refractivity contribution in [2.24, 2.45) is 85.8 Å². The summed E-state index contributed by atoms with van der Waals surface area (Å²) >= 11 is 0. The third-order valence-corrected chi connectivity index (χ3v) is 29.4. The minimum absolute atomic E-state index is 0. The summed E-state index contributed by atoms with van der Waals surface area (Å²) in [5.41, 5.74) is -3.75. The van der Waals surface area contributed by atoms with Crippen LogP contribution in [-0.2, 0) is 57.2 Å². The van der Waals surface area contributed by atoms with Crippen molar-refractivity contribution in [1.29, 1.82) is 0 Å². The fraction of sp³-hybridized carbons (Fsp3) is 0.944. The minimum Gasteiger partial charge on any atom is -0.459 e. The van der Waals surface area contributed by atoms with Gasteiger partial charge in [-0.15, -0.1) is 0 Å². The number of hydrogen-bond acceptors (Lipinski definition) is 12. The Morgan fingerprint density at radius 2 is 0.496 bits per heavy atom. The van der Waals surface area contributed by atoms with Crippen LogP contribution in [0.4, 0.5) is 0 Å². The molecule has 0 radical (unpaired) electrons. The fourth-order valence-corrected chi connectivity index (χ4v) is 17.2. The van der Waals surface area contributed by atoms with Crippen LogP contribution in [0.5, 0.6) is 0 Å². The maximum absolute atomic E-state index is 12.8. The molecule has 12 heteroatoms. The molecule has 0 saturated heterocycles. The number of hydrogen-bond donors (Lipinski definition) is 0. The van der Waals surface area contributed by atoms with E-state index in [-0.39, 0.29) is 191 Å². The Morgan fingerprint density at radius 1 is 0.235 bits per heavy atom. The van der Waals surface area contributed by atoms with Crippen LogP contribution >= 0.6 is 0 Å². The van der Waals surface area contributed by atoms with Crippen molar-refractivity contribution >= 4 is 35.8 Å². The van der Waals surface area contributed by atoms with E-state index in [2.05, 4.69) is 104 Å². The van der Waals surface area contributed by atoms with Gasteiger partial charge in [0.25, 0.3) is 0 Å². The molecule has 7 aliphatic carbocycles. The molecule has 0 aromatic rings. The average molecular weight is 1700 g/mol. The van der Waals surface area contributed by atoms with Crippen molar-refractivity contribution in [3.63, 3.8) is 0 Å². The third kappa shape index (κ3) is 41.4. The molecule has 119 heavy (non-hydrogen) atoms. The van der Waals surface area contributed by atoms with E-state index in [9.17, 15) is 28.8 Å². The lowest BCUT2D eigenvalue weighted by Gasteiger charge is -2.47. The smallest absolute Gasteiger partial charge is 0.312 e. The van der Waals surface area contributed by atoms with Gasteiger partial charge in [0.2, 0.25) is 0 Å². The first-order chi connectivity index (χ1) is 49.4. The van der Waals surface area contributed by atoms with Crippen molar-refractivity contribution in [2.45, 2.75) is 575 Å². The van der Waals surface area contributed by atoms with Gasteiger partial charge in [0.1, 0.15) is 33.6 Å². The molecule has 0 heterocycles. The van der Waals surface area contributed by atoms with Crippen molar-refractivity contribution in [3.05, 3.63) is 0 Å². The molecular weight excluding hydrogens is 1480 g/mol. The molecule has 5 atom stereocenters. The first-order valence-electron chi connectivity index (χ1n) is 44.8. The van der Waals surface area contributed by atoms with Gasteiger partial charge in [-0.3, -0.25) is 28.8 Å². The zero-order chi connectivity index (χ0) is 82.1. The fourth-order valence-electron chi connectivity index (χ4n) is 17.2. The summed E-state index contributed by atoms with van der Waals surface area (Å²) in [6.45, 7) is 63.8. The van der Waals surface area contributed by atoms with Gasteiger partial charge in [-0.05, 0) is 327 Å². The second-order valence-electron chi connectivity index (χ2n) is 40.9. The first-order valence-corrected chi connectivity index (χ1v) is 44.8. The maximum atomic E-state index is 12.8. The first kappa shape index (κ1) is 139. The summed E-state index contributed by atoms with van der Waals surface area (Å²) in [7, 11) is 0. The molecule has 0 bridgehead atoms. The van der Waals surface area contributed by atoms with Gasteiger partial charge < -0.3 is 28.4 Å². The van der Waals surface area contributed by atoms with Crippen LogP contribution in [0.25, 0.3) is 0 Å². The molecule has 0 aromatic carbocycles. The molecular formula is C107H224O12. The summed E-state index contributed by atoms with van der Waals surface area (Å²) in [4.78, 5) is 73.7. The summed E-state index contributed by atoms with van der Waals surface area (Å²) in [5, 5.41) is 0. The van der Waals surface area contributed by atoms with E-state index < -0.39 is 0 Å². The van der Waals surface area contributed by atoms with Crippen molar-refractivity contribution in [2.75, 3.05) is 0 Å². The van der Waals surface area contributed by atoms with E-state index in [4.69, 9.17) is 28.4 Å². The monoisotopic (exact) mass is 1700 g/mol. The van der Waals surface area contributed by atoms with E-state index in [0.29, 0.717) is 47.3 Å². The molecule has 724 valence electrons. The van der Waals surface area contributed by atoms with E-state index >= 15 is 0 Å².